The molecule has 0 fully saturated rings. The summed E-state index contributed by atoms with van der Waals surface area (Å²) in [6, 6.07) is 9.43. The summed E-state index contributed by atoms with van der Waals surface area (Å²) in [5, 5.41) is 0. The van der Waals surface area contributed by atoms with Crippen molar-refractivity contribution in [1.82, 2.24) is 0 Å². The Labute approximate surface area is 133 Å². The largest absolute Gasteiger partial charge is 0.456 e. The number of benzene rings is 2. The minimum absolute atomic E-state index is 0.00548. The average molecular weight is 392 g/mol. The van der Waals surface area contributed by atoms with Crippen molar-refractivity contribution in [3.63, 3.8) is 0 Å². The predicted molar refractivity (Wildman–Crippen MR) is 79.8 cm³/mol. The van der Waals surface area contributed by atoms with Gasteiger partial charge in [0.25, 0.3) is 9.05 Å². The van der Waals surface area contributed by atoms with Crippen molar-refractivity contribution >= 4 is 35.7 Å². The molecule has 0 atom stereocenters. The third kappa shape index (κ3) is 3.09. The van der Waals surface area contributed by atoms with Crippen LogP contribution >= 0.6 is 26.6 Å². The number of rotatable bonds is 3. The van der Waals surface area contributed by atoms with Crippen LogP contribution in [0.15, 0.2) is 45.8 Å². The van der Waals surface area contributed by atoms with Crippen molar-refractivity contribution in [2.75, 3.05) is 6.79 Å². The summed E-state index contributed by atoms with van der Waals surface area (Å²) in [6.07, 6.45) is 0. The molecule has 5 nitrogen and oxygen atoms in total. The lowest BCUT2D eigenvalue weighted by atomic mass is 10.3. The molecule has 0 saturated heterocycles. The molecule has 0 spiro atoms. The van der Waals surface area contributed by atoms with Crippen molar-refractivity contribution in [1.29, 1.82) is 0 Å². The molecule has 0 saturated carbocycles. The van der Waals surface area contributed by atoms with Crippen LogP contribution < -0.4 is 14.2 Å². The lowest BCUT2D eigenvalue weighted by molar-refractivity contribution is 0.174. The molecule has 0 N–H and O–H groups in total. The Balaban J connectivity index is 1.88. The third-order valence-electron chi connectivity index (χ3n) is 2.76. The first-order valence-electron chi connectivity index (χ1n) is 5.75. The van der Waals surface area contributed by atoms with E-state index in [-0.39, 0.29) is 11.7 Å². The highest BCUT2D eigenvalue weighted by Gasteiger charge is 2.16. The smallest absolute Gasteiger partial charge is 0.261 e. The lowest BCUT2D eigenvalue weighted by Crippen LogP contribution is -1.93. The third-order valence-corrected chi connectivity index (χ3v) is 4.73. The topological polar surface area (TPSA) is 61.8 Å². The van der Waals surface area contributed by atoms with Crippen LogP contribution in [0.1, 0.15) is 0 Å². The summed E-state index contributed by atoms with van der Waals surface area (Å²) in [4.78, 5) is -0.00548. The highest BCUT2D eigenvalue weighted by atomic mass is 79.9. The van der Waals surface area contributed by atoms with Crippen molar-refractivity contribution in [2.45, 2.75) is 4.90 Å². The van der Waals surface area contributed by atoms with Gasteiger partial charge >= 0.3 is 0 Å². The molecule has 2 aromatic carbocycles. The van der Waals surface area contributed by atoms with Crippen LogP contribution in [0.3, 0.4) is 0 Å². The van der Waals surface area contributed by atoms with Crippen LogP contribution in [0, 0.1) is 0 Å². The summed E-state index contributed by atoms with van der Waals surface area (Å²) >= 11 is 3.26. The minimum atomic E-state index is -3.77. The molecule has 0 radical (unpaired) electrons. The van der Waals surface area contributed by atoms with Crippen molar-refractivity contribution in [2.24, 2.45) is 0 Å². The number of hydrogen-bond donors (Lipinski definition) is 0. The van der Waals surface area contributed by atoms with Gasteiger partial charge in [-0.25, -0.2) is 8.42 Å². The second kappa shape index (κ2) is 5.40. The molecule has 8 heteroatoms. The molecule has 0 bridgehead atoms. The number of fused-ring (bicyclic) bond motifs is 1. The van der Waals surface area contributed by atoms with Crippen LogP contribution in [0.5, 0.6) is 23.0 Å². The van der Waals surface area contributed by atoms with Gasteiger partial charge in [0.1, 0.15) is 11.5 Å². The van der Waals surface area contributed by atoms with Gasteiger partial charge in [-0.05, 0) is 46.3 Å². The van der Waals surface area contributed by atoms with Gasteiger partial charge in [0, 0.05) is 16.7 Å². The number of halogens is 2. The molecule has 3 rings (SSSR count). The molecule has 110 valence electrons. The molecule has 1 heterocycles. The van der Waals surface area contributed by atoms with Gasteiger partial charge in [0.15, 0.2) is 11.5 Å². The van der Waals surface area contributed by atoms with Crippen LogP contribution in [0.2, 0.25) is 0 Å². The van der Waals surface area contributed by atoms with E-state index in [1.54, 1.807) is 18.2 Å². The Morgan fingerprint density at radius 3 is 2.57 bits per heavy atom. The van der Waals surface area contributed by atoms with E-state index >= 15 is 0 Å². The van der Waals surface area contributed by atoms with Crippen LogP contribution in [-0.4, -0.2) is 15.2 Å². The first-order chi connectivity index (χ1) is 9.93. The Bertz CT molecular complexity index is 806. The monoisotopic (exact) mass is 390 g/mol. The van der Waals surface area contributed by atoms with Gasteiger partial charge in [0.05, 0.1) is 9.37 Å². The molecule has 0 aliphatic carbocycles. The molecule has 1 aliphatic rings. The van der Waals surface area contributed by atoms with E-state index in [1.807, 2.05) is 0 Å². The molecule has 2 aromatic rings. The summed E-state index contributed by atoms with van der Waals surface area (Å²) in [5.41, 5.74) is 0. The van der Waals surface area contributed by atoms with Crippen molar-refractivity contribution in [3.05, 3.63) is 40.9 Å². The number of hydrogen-bond acceptors (Lipinski definition) is 5. The van der Waals surface area contributed by atoms with Crippen LogP contribution in [0.25, 0.3) is 0 Å². The number of ether oxygens (including phenoxy) is 3. The summed E-state index contributed by atoms with van der Waals surface area (Å²) < 4.78 is 39.1. The van der Waals surface area contributed by atoms with Crippen molar-refractivity contribution in [3.8, 4) is 23.0 Å². The van der Waals surface area contributed by atoms with E-state index in [0.29, 0.717) is 27.5 Å². The molecular formula is C13H8BrClO5S. The van der Waals surface area contributed by atoms with E-state index in [1.165, 1.54) is 18.2 Å². The highest BCUT2D eigenvalue weighted by Crippen LogP contribution is 2.38. The van der Waals surface area contributed by atoms with Gasteiger partial charge in [-0.3, -0.25) is 0 Å². The fourth-order valence-electron chi connectivity index (χ4n) is 1.78. The van der Waals surface area contributed by atoms with Gasteiger partial charge in [-0.2, -0.15) is 0 Å². The zero-order valence-electron chi connectivity index (χ0n) is 10.4. The quantitative estimate of drug-likeness (QED) is 0.743. The molecule has 1 aliphatic heterocycles. The van der Waals surface area contributed by atoms with Gasteiger partial charge in [-0.1, -0.05) is 0 Å². The van der Waals surface area contributed by atoms with Gasteiger partial charge in [0.2, 0.25) is 6.79 Å². The maximum absolute atomic E-state index is 11.3. The molecule has 0 amide bonds. The predicted octanol–water partition coefficient (Wildman–Crippen LogP) is 3.90. The Morgan fingerprint density at radius 2 is 1.86 bits per heavy atom. The van der Waals surface area contributed by atoms with Gasteiger partial charge in [-0.15, -0.1) is 0 Å². The first-order valence-corrected chi connectivity index (χ1v) is 8.85. The van der Waals surface area contributed by atoms with Crippen LogP contribution in [0.4, 0.5) is 0 Å². The zero-order valence-corrected chi connectivity index (χ0v) is 13.5. The highest BCUT2D eigenvalue weighted by molar-refractivity contribution is 9.10. The fourth-order valence-corrected chi connectivity index (χ4v) is 3.17. The standard InChI is InChI=1S/C13H8BrClO5S/c14-10-6-9(21(15,16)17)2-4-11(10)20-8-1-3-12-13(5-8)19-7-18-12/h1-6H,7H2. The van der Waals surface area contributed by atoms with E-state index in [9.17, 15) is 8.42 Å². The Kier molecular flexibility index (Phi) is 3.73. The SMILES string of the molecule is O=S(=O)(Cl)c1ccc(Oc2ccc3c(c2)OCO3)c(Br)c1. The molecule has 21 heavy (non-hydrogen) atoms. The minimum Gasteiger partial charge on any atom is -0.456 e. The molecular weight excluding hydrogens is 384 g/mol. The van der Waals surface area contributed by atoms with E-state index < -0.39 is 9.05 Å². The first kappa shape index (κ1) is 14.5. The average Bonchev–Trinajstić information content (AvgIpc) is 2.87. The van der Waals surface area contributed by atoms with Crippen molar-refractivity contribution < 1.29 is 22.6 Å². The van der Waals surface area contributed by atoms with Crippen LogP contribution in [-0.2, 0) is 9.05 Å². The maximum atomic E-state index is 11.3. The lowest BCUT2D eigenvalue weighted by Gasteiger charge is -2.09. The normalized spacial score (nSPS) is 13.2. The molecule has 0 unspecified atom stereocenters. The van der Waals surface area contributed by atoms with E-state index in [0.717, 1.165) is 0 Å². The zero-order chi connectivity index (χ0) is 15.0. The maximum Gasteiger partial charge on any atom is 0.261 e. The van der Waals surface area contributed by atoms with E-state index in [2.05, 4.69) is 15.9 Å². The second-order valence-corrected chi connectivity index (χ2v) is 7.57. The fraction of sp³-hybridized carbons (Fsp3) is 0.0769. The Morgan fingerprint density at radius 1 is 1.10 bits per heavy atom. The molecule has 0 aromatic heterocycles. The summed E-state index contributed by atoms with van der Waals surface area (Å²) in [5.74, 6) is 2.26. The second-order valence-electron chi connectivity index (χ2n) is 4.15. The Hall–Kier alpha value is -1.44. The summed E-state index contributed by atoms with van der Waals surface area (Å²) in [6.45, 7) is 0.185. The van der Waals surface area contributed by atoms with Gasteiger partial charge < -0.3 is 14.2 Å². The van der Waals surface area contributed by atoms with E-state index in [4.69, 9.17) is 24.9 Å². The summed E-state index contributed by atoms with van der Waals surface area (Å²) in [7, 11) is 1.51.